The van der Waals surface area contributed by atoms with E-state index in [-0.39, 0.29) is 4.90 Å². The van der Waals surface area contributed by atoms with Crippen LogP contribution < -0.4 is 0 Å². The number of hydrogen-bond donors (Lipinski definition) is 1. The molecule has 1 N–H and O–H groups in total. The average Bonchev–Trinajstić information content (AvgIpc) is 2.03. The van der Waals surface area contributed by atoms with Crippen molar-refractivity contribution in [3.8, 4) is 0 Å². The zero-order valence-electron chi connectivity index (χ0n) is 6.18. The molecule has 1 atom stereocenters. The fraction of sp³-hybridized carbons (Fsp3) is 0. The molecule has 0 aromatic heterocycles. The van der Waals surface area contributed by atoms with Gasteiger partial charge < -0.3 is 4.55 Å². The van der Waals surface area contributed by atoms with Gasteiger partial charge in [-0.05, 0) is 24.3 Å². The second-order valence-electron chi connectivity index (χ2n) is 2.16. The predicted octanol–water partition coefficient (Wildman–Crippen LogP) is 0.925. The first-order chi connectivity index (χ1) is 5.91. The molecule has 0 saturated heterocycles. The van der Waals surface area contributed by atoms with Crippen molar-refractivity contribution in [1.29, 1.82) is 0 Å². The Morgan fingerprint density at radius 3 is 2.00 bits per heavy atom. The van der Waals surface area contributed by atoms with Crippen molar-refractivity contribution in [3.63, 3.8) is 0 Å². The van der Waals surface area contributed by atoms with Crippen molar-refractivity contribution < 1.29 is 21.1 Å². The summed E-state index contributed by atoms with van der Waals surface area (Å²) in [5.74, 6) is 0. The maximum atomic E-state index is 12.3. The van der Waals surface area contributed by atoms with E-state index in [1.165, 1.54) is 0 Å². The van der Waals surface area contributed by atoms with Gasteiger partial charge in [0.2, 0.25) is 0 Å². The summed E-state index contributed by atoms with van der Waals surface area (Å²) in [4.78, 5) is -0.505. The molecule has 0 aliphatic rings. The second kappa shape index (κ2) is 3.52. The highest BCUT2D eigenvalue weighted by Gasteiger charge is 2.11. The molecular weight excluding hydrogens is 219 g/mol. The van der Waals surface area contributed by atoms with Crippen LogP contribution in [0.4, 0.5) is 3.89 Å². The lowest BCUT2D eigenvalue weighted by atomic mass is 10.4. The first-order valence-electron chi connectivity index (χ1n) is 3.07. The first kappa shape index (κ1) is 10.3. The zero-order valence-corrected chi connectivity index (χ0v) is 7.81. The van der Waals surface area contributed by atoms with E-state index in [9.17, 15) is 16.5 Å². The van der Waals surface area contributed by atoms with E-state index in [0.29, 0.717) is 0 Å². The Bertz CT molecular complexity index is 422. The van der Waals surface area contributed by atoms with Gasteiger partial charge in [0.15, 0.2) is 11.1 Å². The minimum Gasteiger partial charge on any atom is -0.302 e. The van der Waals surface area contributed by atoms with Gasteiger partial charge in [0.25, 0.3) is 0 Å². The summed E-state index contributed by atoms with van der Waals surface area (Å²) in [6.45, 7) is 0. The summed E-state index contributed by atoms with van der Waals surface area (Å²) in [6, 6.07) is 4.00. The van der Waals surface area contributed by atoms with Crippen molar-refractivity contribution in [1.82, 2.24) is 0 Å². The van der Waals surface area contributed by atoms with Gasteiger partial charge in [-0.3, -0.25) is 0 Å². The van der Waals surface area contributed by atoms with Crippen molar-refractivity contribution in [3.05, 3.63) is 24.3 Å². The lowest BCUT2D eigenvalue weighted by Crippen LogP contribution is -1.93. The zero-order chi connectivity index (χ0) is 10.1. The van der Waals surface area contributed by atoms with Gasteiger partial charge in [-0.25, -0.2) is 4.21 Å². The van der Waals surface area contributed by atoms with Crippen LogP contribution in [0.3, 0.4) is 0 Å². The van der Waals surface area contributed by atoms with Crippen molar-refractivity contribution in [2.45, 2.75) is 9.79 Å². The van der Waals surface area contributed by atoms with E-state index in [4.69, 9.17) is 4.55 Å². The molecule has 0 aliphatic carbocycles. The normalized spacial score (nSPS) is 14.0. The fourth-order valence-corrected chi connectivity index (χ4v) is 1.55. The lowest BCUT2D eigenvalue weighted by Gasteiger charge is -1.95. The maximum absolute atomic E-state index is 12.3. The van der Waals surface area contributed by atoms with Crippen molar-refractivity contribution >= 4 is 21.3 Å². The number of hydrogen-bond acceptors (Lipinski definition) is 3. The van der Waals surface area contributed by atoms with Crippen LogP contribution in [0.2, 0.25) is 0 Å². The Kier molecular flexibility index (Phi) is 2.79. The van der Waals surface area contributed by atoms with E-state index in [2.05, 4.69) is 0 Å². The monoisotopic (exact) mass is 224 g/mol. The van der Waals surface area contributed by atoms with E-state index < -0.39 is 26.2 Å². The van der Waals surface area contributed by atoms with Gasteiger partial charge in [0, 0.05) is 0 Å². The number of benzene rings is 1. The van der Waals surface area contributed by atoms with E-state index in [1.807, 2.05) is 0 Å². The third kappa shape index (κ3) is 2.58. The third-order valence-electron chi connectivity index (χ3n) is 1.31. The van der Waals surface area contributed by atoms with Crippen LogP contribution in [0.1, 0.15) is 0 Å². The maximum Gasteiger partial charge on any atom is 0.332 e. The molecule has 4 nitrogen and oxygen atoms in total. The Balaban J connectivity index is 3.16. The van der Waals surface area contributed by atoms with Crippen LogP contribution in [0, 0.1) is 0 Å². The molecule has 0 heterocycles. The molecule has 0 fully saturated rings. The third-order valence-corrected chi connectivity index (χ3v) is 2.82. The standard InChI is InChI=1S/C6H5FO4S2/c7-13(10,11)6-3-1-5(2-4-6)12(8)9/h1-4H,(H,8,9). The first-order valence-corrected chi connectivity index (χ1v) is 5.56. The Hall–Kier alpha value is -0.790. The molecule has 1 rings (SSSR count). The quantitative estimate of drug-likeness (QED) is 0.599. The summed E-state index contributed by atoms with van der Waals surface area (Å²) < 4.78 is 51.9. The topological polar surface area (TPSA) is 71.4 Å². The average molecular weight is 224 g/mol. The van der Waals surface area contributed by atoms with Crippen LogP contribution in [-0.2, 0) is 21.3 Å². The Labute approximate surface area is 76.9 Å². The molecule has 0 saturated carbocycles. The summed E-state index contributed by atoms with van der Waals surface area (Å²) in [6.07, 6.45) is 0. The second-order valence-corrected chi connectivity index (χ2v) is 4.48. The molecule has 0 amide bonds. The van der Waals surface area contributed by atoms with Gasteiger partial charge in [0.1, 0.15) is 0 Å². The molecule has 7 heteroatoms. The molecule has 0 aliphatic heterocycles. The van der Waals surface area contributed by atoms with E-state index in [0.717, 1.165) is 24.3 Å². The van der Waals surface area contributed by atoms with Crippen LogP contribution in [0.15, 0.2) is 34.1 Å². The van der Waals surface area contributed by atoms with Gasteiger partial charge in [-0.15, -0.1) is 3.89 Å². The Morgan fingerprint density at radius 1 is 1.23 bits per heavy atom. The van der Waals surface area contributed by atoms with Gasteiger partial charge in [-0.1, -0.05) is 0 Å². The summed E-state index contributed by atoms with van der Waals surface area (Å²) in [5.41, 5.74) is 0. The fourth-order valence-electron chi connectivity index (χ4n) is 0.719. The summed E-state index contributed by atoms with van der Waals surface area (Å²) >= 11 is -2.18. The molecule has 0 bridgehead atoms. The van der Waals surface area contributed by atoms with Crippen molar-refractivity contribution in [2.24, 2.45) is 0 Å². The SMILES string of the molecule is O=S(O)c1ccc(S(=O)(=O)F)cc1. The molecular formula is C6H5FO4S2. The van der Waals surface area contributed by atoms with Crippen LogP contribution in [0.25, 0.3) is 0 Å². The molecule has 72 valence electrons. The smallest absolute Gasteiger partial charge is 0.302 e. The van der Waals surface area contributed by atoms with E-state index >= 15 is 0 Å². The molecule has 1 aromatic carbocycles. The van der Waals surface area contributed by atoms with Gasteiger partial charge >= 0.3 is 10.2 Å². The Morgan fingerprint density at radius 2 is 1.69 bits per heavy atom. The highest BCUT2D eigenvalue weighted by atomic mass is 32.3. The molecule has 0 radical (unpaired) electrons. The molecule has 1 unspecified atom stereocenters. The van der Waals surface area contributed by atoms with Gasteiger partial charge in [0.05, 0.1) is 9.79 Å². The van der Waals surface area contributed by atoms with Crippen molar-refractivity contribution in [2.75, 3.05) is 0 Å². The molecule has 0 spiro atoms. The number of rotatable bonds is 2. The van der Waals surface area contributed by atoms with Crippen LogP contribution in [-0.4, -0.2) is 17.2 Å². The number of halogens is 1. The van der Waals surface area contributed by atoms with Crippen LogP contribution in [0.5, 0.6) is 0 Å². The predicted molar refractivity (Wildman–Crippen MR) is 43.8 cm³/mol. The lowest BCUT2D eigenvalue weighted by molar-refractivity contribution is 0.550. The highest BCUT2D eigenvalue weighted by molar-refractivity contribution is 7.86. The van der Waals surface area contributed by atoms with Crippen LogP contribution >= 0.6 is 0 Å². The van der Waals surface area contributed by atoms with Gasteiger partial charge in [-0.2, -0.15) is 8.42 Å². The largest absolute Gasteiger partial charge is 0.332 e. The summed E-state index contributed by atoms with van der Waals surface area (Å²) in [7, 11) is -4.73. The molecule has 13 heavy (non-hydrogen) atoms. The van der Waals surface area contributed by atoms with E-state index in [1.54, 1.807) is 0 Å². The highest BCUT2D eigenvalue weighted by Crippen LogP contribution is 2.14. The minimum atomic E-state index is -4.73. The minimum absolute atomic E-state index is 0.0207. The molecule has 1 aromatic rings. The summed E-state index contributed by atoms with van der Waals surface area (Å²) in [5, 5.41) is 0.